The molecule has 2 aliphatic rings. The quantitative estimate of drug-likeness (QED) is 0.835. The zero-order valence-corrected chi connectivity index (χ0v) is 13.1. The molecule has 3 rings (SSSR count). The Hall–Kier alpha value is -1.59. The van der Waals surface area contributed by atoms with Crippen molar-refractivity contribution in [2.45, 2.75) is 52.1 Å². The van der Waals surface area contributed by atoms with Crippen LogP contribution in [0.3, 0.4) is 0 Å². The average Bonchev–Trinajstić information content (AvgIpc) is 3.08. The van der Waals surface area contributed by atoms with Crippen molar-refractivity contribution in [2.24, 2.45) is 18.4 Å². The van der Waals surface area contributed by atoms with Gasteiger partial charge in [-0.1, -0.05) is 20.3 Å². The molecule has 2 fully saturated rings. The summed E-state index contributed by atoms with van der Waals surface area (Å²) in [7, 11) is 1.67. The fourth-order valence-corrected chi connectivity index (χ4v) is 4.09. The Balaban J connectivity index is 1.66. The van der Waals surface area contributed by atoms with Gasteiger partial charge in [0.05, 0.1) is 6.54 Å². The number of carbonyl (C=O) groups excluding carboxylic acids is 1. The second-order valence-electron chi connectivity index (χ2n) is 7.11. The Labute approximate surface area is 124 Å². The number of aryl methyl sites for hydroxylation is 2. The van der Waals surface area contributed by atoms with Crippen LogP contribution >= 0.6 is 0 Å². The van der Waals surface area contributed by atoms with Gasteiger partial charge in [-0.25, -0.2) is 9.48 Å². The lowest BCUT2D eigenvalue weighted by Gasteiger charge is -2.24. The molecule has 2 atom stereocenters. The van der Waals surface area contributed by atoms with Crippen molar-refractivity contribution in [1.29, 1.82) is 0 Å². The van der Waals surface area contributed by atoms with Crippen molar-refractivity contribution in [3.8, 4) is 0 Å². The predicted molar refractivity (Wildman–Crippen MR) is 78.7 cm³/mol. The van der Waals surface area contributed by atoms with E-state index in [1.54, 1.807) is 7.05 Å². The Morgan fingerprint density at radius 3 is 2.86 bits per heavy atom. The molecule has 116 valence electrons. The standard InChI is InChI=1S/C15H24N4O2/c1-15(2)9-18(12-6-4-5-11(12)15)13(20)7-8-19-14(21)17(3)10-16-19/h10-12H,4-9H2,1-3H3/t11-,12+/m1/s1. The van der Waals surface area contributed by atoms with E-state index in [1.807, 2.05) is 0 Å². The van der Waals surface area contributed by atoms with E-state index in [0.29, 0.717) is 24.9 Å². The summed E-state index contributed by atoms with van der Waals surface area (Å²) < 4.78 is 2.79. The number of rotatable bonds is 3. The van der Waals surface area contributed by atoms with E-state index in [2.05, 4.69) is 23.8 Å². The van der Waals surface area contributed by atoms with E-state index in [1.165, 1.54) is 28.4 Å². The van der Waals surface area contributed by atoms with Crippen molar-refractivity contribution in [3.63, 3.8) is 0 Å². The zero-order chi connectivity index (χ0) is 15.2. The number of likely N-dealkylation sites (tertiary alicyclic amines) is 1. The highest BCUT2D eigenvalue weighted by Crippen LogP contribution is 2.48. The maximum Gasteiger partial charge on any atom is 0.345 e. The predicted octanol–water partition coefficient (Wildman–Crippen LogP) is 1.01. The van der Waals surface area contributed by atoms with Crippen LogP contribution in [-0.2, 0) is 18.4 Å². The summed E-state index contributed by atoms with van der Waals surface area (Å²) in [6, 6.07) is 0.410. The molecule has 1 saturated carbocycles. The lowest BCUT2D eigenvalue weighted by Crippen LogP contribution is -2.37. The second-order valence-corrected chi connectivity index (χ2v) is 7.11. The molecule has 1 aliphatic heterocycles. The molecule has 21 heavy (non-hydrogen) atoms. The molecule has 0 spiro atoms. The maximum atomic E-state index is 12.5. The number of carbonyl (C=O) groups is 1. The largest absolute Gasteiger partial charge is 0.345 e. The second kappa shape index (κ2) is 5.00. The van der Waals surface area contributed by atoms with Crippen LogP contribution in [0, 0.1) is 11.3 Å². The van der Waals surface area contributed by atoms with Crippen LogP contribution in [0.5, 0.6) is 0 Å². The van der Waals surface area contributed by atoms with Gasteiger partial charge in [-0.05, 0) is 24.2 Å². The van der Waals surface area contributed by atoms with Crippen molar-refractivity contribution in [1.82, 2.24) is 19.2 Å². The molecule has 0 radical (unpaired) electrons. The van der Waals surface area contributed by atoms with Crippen LogP contribution in [0.15, 0.2) is 11.1 Å². The van der Waals surface area contributed by atoms with Gasteiger partial charge in [0.1, 0.15) is 6.33 Å². The van der Waals surface area contributed by atoms with Gasteiger partial charge in [0.2, 0.25) is 5.91 Å². The minimum atomic E-state index is -0.164. The van der Waals surface area contributed by atoms with E-state index in [4.69, 9.17) is 0 Å². The Morgan fingerprint density at radius 2 is 2.19 bits per heavy atom. The van der Waals surface area contributed by atoms with Gasteiger partial charge in [0.15, 0.2) is 0 Å². The van der Waals surface area contributed by atoms with Gasteiger partial charge in [-0.2, -0.15) is 5.10 Å². The van der Waals surface area contributed by atoms with E-state index in [-0.39, 0.29) is 17.0 Å². The Kier molecular flexibility index (Phi) is 3.42. The molecule has 0 bridgehead atoms. The lowest BCUT2D eigenvalue weighted by atomic mass is 9.80. The van der Waals surface area contributed by atoms with Gasteiger partial charge in [0.25, 0.3) is 0 Å². The number of nitrogens with zero attached hydrogens (tertiary/aromatic N) is 4. The summed E-state index contributed by atoms with van der Waals surface area (Å²) in [4.78, 5) is 26.3. The van der Waals surface area contributed by atoms with E-state index in [0.717, 1.165) is 13.0 Å². The first-order valence-corrected chi connectivity index (χ1v) is 7.78. The number of aromatic nitrogens is 3. The summed E-state index contributed by atoms with van der Waals surface area (Å²) >= 11 is 0. The van der Waals surface area contributed by atoms with Crippen molar-refractivity contribution in [3.05, 3.63) is 16.8 Å². The summed E-state index contributed by atoms with van der Waals surface area (Å²) in [6.07, 6.45) is 5.43. The number of hydrogen-bond donors (Lipinski definition) is 0. The number of fused-ring (bicyclic) bond motifs is 1. The smallest absolute Gasteiger partial charge is 0.339 e. The van der Waals surface area contributed by atoms with Gasteiger partial charge in [-0.3, -0.25) is 9.36 Å². The monoisotopic (exact) mass is 292 g/mol. The molecule has 2 heterocycles. The molecule has 6 nitrogen and oxygen atoms in total. The highest BCUT2D eigenvalue weighted by Gasteiger charge is 2.50. The van der Waals surface area contributed by atoms with Crippen LogP contribution < -0.4 is 5.69 Å². The van der Waals surface area contributed by atoms with Crippen molar-refractivity contribution >= 4 is 5.91 Å². The molecule has 1 amide bonds. The molecule has 0 unspecified atom stereocenters. The van der Waals surface area contributed by atoms with Crippen LogP contribution in [-0.4, -0.2) is 37.7 Å². The van der Waals surface area contributed by atoms with Crippen LogP contribution in [0.25, 0.3) is 0 Å². The maximum absolute atomic E-state index is 12.5. The highest BCUT2D eigenvalue weighted by atomic mass is 16.2. The van der Waals surface area contributed by atoms with Gasteiger partial charge >= 0.3 is 5.69 Å². The molecule has 1 aromatic rings. The molecule has 1 aromatic heterocycles. The molecule has 1 aliphatic carbocycles. The molecule has 1 saturated heterocycles. The molecular formula is C15H24N4O2. The summed E-state index contributed by atoms with van der Waals surface area (Å²) in [5, 5.41) is 4.01. The first-order valence-electron chi connectivity index (χ1n) is 7.78. The first-order chi connectivity index (χ1) is 9.90. The third-order valence-corrected chi connectivity index (χ3v) is 5.21. The zero-order valence-electron chi connectivity index (χ0n) is 13.1. The topological polar surface area (TPSA) is 60.1 Å². The molecule has 0 aromatic carbocycles. The van der Waals surface area contributed by atoms with E-state index >= 15 is 0 Å². The summed E-state index contributed by atoms with van der Waals surface area (Å²) in [5.74, 6) is 0.800. The average molecular weight is 292 g/mol. The lowest BCUT2D eigenvalue weighted by molar-refractivity contribution is -0.132. The Morgan fingerprint density at radius 1 is 1.43 bits per heavy atom. The first kappa shape index (κ1) is 14.4. The summed E-state index contributed by atoms with van der Waals surface area (Å²) in [6.45, 7) is 5.75. The molecule has 6 heteroatoms. The van der Waals surface area contributed by atoms with E-state index in [9.17, 15) is 9.59 Å². The van der Waals surface area contributed by atoms with Crippen molar-refractivity contribution < 1.29 is 4.79 Å². The Bertz CT molecular complexity index is 601. The van der Waals surface area contributed by atoms with Crippen LogP contribution in [0.4, 0.5) is 0 Å². The van der Waals surface area contributed by atoms with Gasteiger partial charge in [0, 0.05) is 26.1 Å². The fraction of sp³-hybridized carbons (Fsp3) is 0.800. The molecule has 0 N–H and O–H groups in total. The van der Waals surface area contributed by atoms with Gasteiger partial charge < -0.3 is 4.90 Å². The minimum Gasteiger partial charge on any atom is -0.339 e. The third kappa shape index (κ3) is 2.40. The van der Waals surface area contributed by atoms with Crippen LogP contribution in [0.1, 0.15) is 39.5 Å². The van der Waals surface area contributed by atoms with E-state index < -0.39 is 0 Å². The fourth-order valence-electron chi connectivity index (χ4n) is 4.09. The minimum absolute atomic E-state index is 0.162. The number of amides is 1. The number of hydrogen-bond acceptors (Lipinski definition) is 3. The highest BCUT2D eigenvalue weighted by molar-refractivity contribution is 5.77. The summed E-state index contributed by atoms with van der Waals surface area (Å²) in [5.41, 5.74) is 0.0573. The van der Waals surface area contributed by atoms with Crippen LogP contribution in [0.2, 0.25) is 0 Å². The SMILES string of the molecule is Cn1cnn(CCC(=O)N2CC(C)(C)[C@@H]3CCC[C@@H]32)c1=O. The third-order valence-electron chi connectivity index (χ3n) is 5.21. The molecular weight excluding hydrogens is 268 g/mol. The van der Waals surface area contributed by atoms with Crippen molar-refractivity contribution in [2.75, 3.05) is 6.54 Å². The normalized spacial score (nSPS) is 27.1. The van der Waals surface area contributed by atoms with Gasteiger partial charge in [-0.15, -0.1) is 0 Å².